The van der Waals surface area contributed by atoms with Crippen molar-refractivity contribution in [1.82, 2.24) is 5.32 Å². The molecule has 0 unspecified atom stereocenters. The molecule has 0 fully saturated rings. The highest BCUT2D eigenvalue weighted by atomic mass is 16.5. The summed E-state index contributed by atoms with van der Waals surface area (Å²) in [7, 11) is 3.15. The Bertz CT molecular complexity index is 622. The van der Waals surface area contributed by atoms with E-state index in [4.69, 9.17) is 9.47 Å². The molecule has 0 aliphatic heterocycles. The number of amides is 2. The number of hydrogen-bond donors (Lipinski definition) is 2. The van der Waals surface area contributed by atoms with Crippen LogP contribution in [-0.4, -0.2) is 26.8 Å². The molecule has 2 N–H and O–H groups in total. The number of methoxy groups -OCH3 is 2. The summed E-state index contributed by atoms with van der Waals surface area (Å²) in [6, 6.07) is 15.4. The molecular weight excluding hydrogens is 304 g/mol. The van der Waals surface area contributed by atoms with Crippen molar-refractivity contribution in [3.8, 4) is 11.5 Å². The molecule has 5 heteroatoms. The van der Waals surface area contributed by atoms with E-state index in [0.29, 0.717) is 23.7 Å². The summed E-state index contributed by atoms with van der Waals surface area (Å²) in [5.74, 6) is 1.26. The van der Waals surface area contributed by atoms with Gasteiger partial charge in [0, 0.05) is 30.4 Å². The smallest absolute Gasteiger partial charge is 0.319 e. The maximum absolute atomic E-state index is 11.9. The van der Waals surface area contributed by atoms with Gasteiger partial charge in [0.15, 0.2) is 0 Å². The Hall–Kier alpha value is -2.69. The maximum Gasteiger partial charge on any atom is 0.319 e. The van der Waals surface area contributed by atoms with Gasteiger partial charge in [-0.25, -0.2) is 4.79 Å². The molecule has 0 atom stereocenters. The van der Waals surface area contributed by atoms with E-state index in [-0.39, 0.29) is 6.03 Å². The van der Waals surface area contributed by atoms with Crippen LogP contribution in [0, 0.1) is 0 Å². The maximum atomic E-state index is 11.9. The van der Waals surface area contributed by atoms with E-state index in [1.54, 1.807) is 32.4 Å². The molecule has 0 aliphatic carbocycles. The molecule has 2 amide bonds. The number of ether oxygens (including phenoxy) is 2. The Morgan fingerprint density at radius 1 is 0.958 bits per heavy atom. The minimum Gasteiger partial charge on any atom is -0.497 e. The lowest BCUT2D eigenvalue weighted by molar-refractivity contribution is 0.252. The van der Waals surface area contributed by atoms with E-state index in [0.717, 1.165) is 19.3 Å². The molecular formula is C19H24N2O3. The quantitative estimate of drug-likeness (QED) is 0.724. The van der Waals surface area contributed by atoms with E-state index in [9.17, 15) is 4.79 Å². The van der Waals surface area contributed by atoms with Crippen LogP contribution in [-0.2, 0) is 6.42 Å². The van der Waals surface area contributed by atoms with Gasteiger partial charge in [0.1, 0.15) is 11.5 Å². The van der Waals surface area contributed by atoms with E-state index >= 15 is 0 Å². The molecule has 0 heterocycles. The van der Waals surface area contributed by atoms with Crippen LogP contribution in [0.1, 0.15) is 18.4 Å². The van der Waals surface area contributed by atoms with Gasteiger partial charge in [-0.3, -0.25) is 0 Å². The Morgan fingerprint density at radius 2 is 1.62 bits per heavy atom. The van der Waals surface area contributed by atoms with Crippen molar-refractivity contribution in [1.29, 1.82) is 0 Å². The van der Waals surface area contributed by atoms with E-state index in [1.807, 2.05) is 18.2 Å². The Labute approximate surface area is 143 Å². The number of benzene rings is 2. The van der Waals surface area contributed by atoms with Gasteiger partial charge in [-0.05, 0) is 24.8 Å². The summed E-state index contributed by atoms with van der Waals surface area (Å²) in [6.45, 7) is 0.639. The summed E-state index contributed by atoms with van der Waals surface area (Å²) in [4.78, 5) is 11.9. The summed E-state index contributed by atoms with van der Waals surface area (Å²) < 4.78 is 10.4. The molecule has 2 rings (SSSR count). The summed E-state index contributed by atoms with van der Waals surface area (Å²) >= 11 is 0. The number of hydrogen-bond acceptors (Lipinski definition) is 3. The Kier molecular flexibility index (Phi) is 6.95. The molecule has 128 valence electrons. The number of anilines is 1. The first-order valence-electron chi connectivity index (χ1n) is 8.03. The number of carbonyl (C=O) groups is 1. The number of carbonyl (C=O) groups excluding carboxylic acids is 1. The van der Waals surface area contributed by atoms with Crippen LogP contribution in [0.15, 0.2) is 48.5 Å². The van der Waals surface area contributed by atoms with Gasteiger partial charge in [-0.1, -0.05) is 30.3 Å². The van der Waals surface area contributed by atoms with Crippen molar-refractivity contribution in [2.45, 2.75) is 19.3 Å². The normalized spacial score (nSPS) is 10.1. The van der Waals surface area contributed by atoms with Crippen LogP contribution >= 0.6 is 0 Å². The van der Waals surface area contributed by atoms with Gasteiger partial charge in [0.25, 0.3) is 0 Å². The van der Waals surface area contributed by atoms with Crippen molar-refractivity contribution in [2.75, 3.05) is 26.1 Å². The standard InChI is InChI=1S/C19H24N2O3/c1-23-17-12-16(13-18(14-17)24-2)21-19(22)20-11-7-6-10-15-8-4-3-5-9-15/h3-5,8-9,12-14H,6-7,10-11H2,1-2H3,(H2,20,21,22). The molecule has 0 spiro atoms. The van der Waals surface area contributed by atoms with Crippen LogP contribution in [0.5, 0.6) is 11.5 Å². The third-order valence-electron chi connectivity index (χ3n) is 3.63. The minimum absolute atomic E-state index is 0.231. The molecule has 2 aromatic rings. The second-order valence-corrected chi connectivity index (χ2v) is 5.42. The second kappa shape index (κ2) is 9.45. The van der Waals surface area contributed by atoms with Crippen LogP contribution in [0.3, 0.4) is 0 Å². The monoisotopic (exact) mass is 328 g/mol. The highest BCUT2D eigenvalue weighted by Crippen LogP contribution is 2.25. The van der Waals surface area contributed by atoms with Crippen molar-refractivity contribution in [3.63, 3.8) is 0 Å². The molecule has 0 bridgehead atoms. The highest BCUT2D eigenvalue weighted by molar-refractivity contribution is 5.89. The van der Waals surface area contributed by atoms with Gasteiger partial charge < -0.3 is 20.1 Å². The average Bonchev–Trinajstić information content (AvgIpc) is 2.61. The zero-order chi connectivity index (χ0) is 17.2. The molecule has 24 heavy (non-hydrogen) atoms. The third kappa shape index (κ3) is 5.83. The predicted molar refractivity (Wildman–Crippen MR) is 95.9 cm³/mol. The third-order valence-corrected chi connectivity index (χ3v) is 3.63. The van der Waals surface area contributed by atoms with Gasteiger partial charge in [-0.15, -0.1) is 0 Å². The number of urea groups is 1. The van der Waals surface area contributed by atoms with Gasteiger partial charge in [-0.2, -0.15) is 0 Å². The molecule has 0 saturated heterocycles. The van der Waals surface area contributed by atoms with E-state index < -0.39 is 0 Å². The fourth-order valence-electron chi connectivity index (χ4n) is 2.36. The topological polar surface area (TPSA) is 59.6 Å². The molecule has 0 radical (unpaired) electrons. The van der Waals surface area contributed by atoms with Crippen molar-refractivity contribution < 1.29 is 14.3 Å². The summed E-state index contributed by atoms with van der Waals surface area (Å²) in [5, 5.41) is 5.65. The lowest BCUT2D eigenvalue weighted by Gasteiger charge is -2.11. The second-order valence-electron chi connectivity index (χ2n) is 5.42. The number of aryl methyl sites for hydroxylation is 1. The van der Waals surface area contributed by atoms with Crippen molar-refractivity contribution >= 4 is 11.7 Å². The van der Waals surface area contributed by atoms with Gasteiger partial charge in [0.2, 0.25) is 0 Å². The largest absolute Gasteiger partial charge is 0.497 e. The van der Waals surface area contributed by atoms with Crippen LogP contribution < -0.4 is 20.1 Å². The summed E-state index contributed by atoms with van der Waals surface area (Å²) in [5.41, 5.74) is 1.96. The molecule has 5 nitrogen and oxygen atoms in total. The van der Waals surface area contributed by atoms with Crippen LogP contribution in [0.4, 0.5) is 10.5 Å². The number of rotatable bonds is 8. The first kappa shape index (κ1) is 17.7. The lowest BCUT2D eigenvalue weighted by Crippen LogP contribution is -2.29. The Balaban J connectivity index is 1.71. The Morgan fingerprint density at radius 3 is 2.25 bits per heavy atom. The van der Waals surface area contributed by atoms with Crippen LogP contribution in [0.2, 0.25) is 0 Å². The molecule has 2 aromatic carbocycles. The number of unbranched alkanes of at least 4 members (excludes halogenated alkanes) is 1. The molecule has 0 saturated carbocycles. The van der Waals surface area contributed by atoms with Crippen molar-refractivity contribution in [3.05, 3.63) is 54.1 Å². The fraction of sp³-hybridized carbons (Fsp3) is 0.316. The van der Waals surface area contributed by atoms with Crippen molar-refractivity contribution in [2.24, 2.45) is 0 Å². The summed E-state index contributed by atoms with van der Waals surface area (Å²) in [6.07, 6.45) is 3.00. The SMILES string of the molecule is COc1cc(NC(=O)NCCCCc2ccccc2)cc(OC)c1. The highest BCUT2D eigenvalue weighted by Gasteiger charge is 2.05. The van der Waals surface area contributed by atoms with Crippen LogP contribution in [0.25, 0.3) is 0 Å². The van der Waals surface area contributed by atoms with E-state index in [2.05, 4.69) is 22.8 Å². The zero-order valence-corrected chi connectivity index (χ0v) is 14.2. The lowest BCUT2D eigenvalue weighted by atomic mass is 10.1. The predicted octanol–water partition coefficient (Wildman–Crippen LogP) is 3.85. The van der Waals surface area contributed by atoms with E-state index in [1.165, 1.54) is 5.56 Å². The number of nitrogens with one attached hydrogen (secondary N) is 2. The first-order valence-corrected chi connectivity index (χ1v) is 8.03. The van der Waals surface area contributed by atoms with Gasteiger partial charge >= 0.3 is 6.03 Å². The van der Waals surface area contributed by atoms with Gasteiger partial charge in [0.05, 0.1) is 14.2 Å². The average molecular weight is 328 g/mol. The zero-order valence-electron chi connectivity index (χ0n) is 14.2. The first-order chi connectivity index (χ1) is 11.7. The molecule has 0 aliphatic rings. The fourth-order valence-corrected chi connectivity index (χ4v) is 2.36. The molecule has 0 aromatic heterocycles. The minimum atomic E-state index is -0.231.